The van der Waals surface area contributed by atoms with E-state index in [1.54, 1.807) is 24.3 Å². The lowest BCUT2D eigenvalue weighted by Gasteiger charge is -2.49. The van der Waals surface area contributed by atoms with Gasteiger partial charge in [-0.25, -0.2) is 0 Å². The van der Waals surface area contributed by atoms with Crippen LogP contribution in [0.15, 0.2) is 54.6 Å². The molecule has 0 aromatic heterocycles. The standard InChI is InChI=1S/C27H26N4O3/c1-3-13-27-22(4-2)26(18-30,24(31)34-27)25(16-28,17-29)23(33-27)20-11-8-12-21(14-20)32-15-19-9-6-5-7-10-19/h5-12,14,22-23,31H,3-4,13,15H2,1-2H3. The van der Waals surface area contributed by atoms with E-state index in [0.29, 0.717) is 37.2 Å². The maximum Gasteiger partial charge on any atom is 0.217 e. The number of benzene rings is 2. The summed E-state index contributed by atoms with van der Waals surface area (Å²) in [6, 6.07) is 23.1. The highest BCUT2D eigenvalue weighted by Gasteiger charge is 2.79. The second-order valence-electron chi connectivity index (χ2n) is 8.75. The van der Waals surface area contributed by atoms with E-state index >= 15 is 0 Å². The minimum atomic E-state index is -1.97. The van der Waals surface area contributed by atoms with Gasteiger partial charge in [-0.15, -0.1) is 0 Å². The van der Waals surface area contributed by atoms with Crippen molar-refractivity contribution in [3.63, 3.8) is 0 Å². The Kier molecular flexibility index (Phi) is 6.05. The number of rotatable bonds is 7. The van der Waals surface area contributed by atoms with Crippen LogP contribution in [0, 0.1) is 56.2 Å². The van der Waals surface area contributed by atoms with Crippen molar-refractivity contribution >= 4 is 5.90 Å². The van der Waals surface area contributed by atoms with Crippen LogP contribution in [-0.2, 0) is 16.1 Å². The van der Waals surface area contributed by atoms with Crippen LogP contribution in [0.4, 0.5) is 0 Å². The van der Waals surface area contributed by atoms with Gasteiger partial charge in [0.15, 0.2) is 5.41 Å². The summed E-state index contributed by atoms with van der Waals surface area (Å²) in [6.07, 6.45) is 0.447. The van der Waals surface area contributed by atoms with Crippen molar-refractivity contribution < 1.29 is 14.2 Å². The van der Waals surface area contributed by atoms with E-state index in [-0.39, 0.29) is 5.90 Å². The van der Waals surface area contributed by atoms with Crippen molar-refractivity contribution in [1.82, 2.24) is 0 Å². The number of nitrogens with zero attached hydrogens (tertiary/aromatic N) is 3. The number of hydrogen-bond donors (Lipinski definition) is 1. The maximum absolute atomic E-state index is 10.4. The van der Waals surface area contributed by atoms with Gasteiger partial charge < -0.3 is 14.2 Å². The second kappa shape index (κ2) is 8.82. The molecule has 2 aromatic carbocycles. The summed E-state index contributed by atoms with van der Waals surface area (Å²) in [5.41, 5.74) is -2.18. The largest absolute Gasteiger partial charge is 0.489 e. The molecular weight excluding hydrogens is 428 g/mol. The third-order valence-corrected chi connectivity index (χ3v) is 6.96. The molecule has 2 aliphatic heterocycles. The minimum Gasteiger partial charge on any atom is -0.489 e. The Bertz CT molecular complexity index is 1190. The fraction of sp³-hybridized carbons (Fsp3) is 0.407. The van der Waals surface area contributed by atoms with Gasteiger partial charge in [-0.2, -0.15) is 15.8 Å². The molecule has 0 aliphatic carbocycles. The topological polar surface area (TPSA) is 123 Å². The lowest BCUT2D eigenvalue weighted by Crippen LogP contribution is -2.59. The summed E-state index contributed by atoms with van der Waals surface area (Å²) in [6.45, 7) is 4.18. The molecule has 4 rings (SSSR count). The Hall–Kier alpha value is -3.86. The lowest BCUT2D eigenvalue weighted by molar-refractivity contribution is -0.286. The van der Waals surface area contributed by atoms with Crippen molar-refractivity contribution in [3.8, 4) is 24.0 Å². The van der Waals surface area contributed by atoms with Crippen LogP contribution in [0.3, 0.4) is 0 Å². The second-order valence-corrected chi connectivity index (χ2v) is 8.75. The Balaban J connectivity index is 1.80. The highest BCUT2D eigenvalue weighted by molar-refractivity contribution is 5.89. The fourth-order valence-corrected chi connectivity index (χ4v) is 5.48. The van der Waals surface area contributed by atoms with Crippen molar-refractivity contribution in [1.29, 1.82) is 21.2 Å². The third kappa shape index (κ3) is 3.15. The van der Waals surface area contributed by atoms with E-state index < -0.39 is 28.6 Å². The normalized spacial score (nSPS) is 28.7. The molecule has 0 radical (unpaired) electrons. The quantitative estimate of drug-likeness (QED) is 0.597. The van der Waals surface area contributed by atoms with Crippen molar-refractivity contribution in [3.05, 3.63) is 65.7 Å². The Morgan fingerprint density at radius 3 is 2.35 bits per heavy atom. The molecular formula is C27H26N4O3. The highest BCUT2D eigenvalue weighted by atomic mass is 16.7. The third-order valence-electron chi connectivity index (χ3n) is 6.96. The molecule has 1 N–H and O–H groups in total. The van der Waals surface area contributed by atoms with Gasteiger partial charge in [-0.1, -0.05) is 56.3 Å². The smallest absolute Gasteiger partial charge is 0.217 e. The summed E-state index contributed by atoms with van der Waals surface area (Å²) in [5, 5.41) is 39.8. The van der Waals surface area contributed by atoms with Crippen LogP contribution in [0.2, 0.25) is 0 Å². The van der Waals surface area contributed by atoms with E-state index in [4.69, 9.17) is 19.6 Å². The predicted octanol–water partition coefficient (Wildman–Crippen LogP) is 5.41. The van der Waals surface area contributed by atoms with Gasteiger partial charge in [0.05, 0.1) is 24.1 Å². The first-order valence-electron chi connectivity index (χ1n) is 11.4. The molecule has 2 saturated heterocycles. The molecule has 2 heterocycles. The van der Waals surface area contributed by atoms with Gasteiger partial charge in [0.1, 0.15) is 18.5 Å². The number of ether oxygens (including phenoxy) is 3. The first kappa shape index (κ1) is 23.3. The van der Waals surface area contributed by atoms with Gasteiger partial charge in [0.2, 0.25) is 17.1 Å². The molecule has 0 amide bonds. The zero-order valence-electron chi connectivity index (χ0n) is 19.2. The first-order valence-corrected chi connectivity index (χ1v) is 11.4. The summed E-state index contributed by atoms with van der Waals surface area (Å²) < 4.78 is 18.4. The van der Waals surface area contributed by atoms with Crippen LogP contribution < -0.4 is 4.74 Å². The molecule has 34 heavy (non-hydrogen) atoms. The molecule has 0 spiro atoms. The van der Waals surface area contributed by atoms with Crippen molar-refractivity contribution in [2.45, 2.75) is 51.6 Å². The van der Waals surface area contributed by atoms with Crippen molar-refractivity contribution in [2.75, 3.05) is 0 Å². The van der Waals surface area contributed by atoms with E-state index in [1.807, 2.05) is 44.2 Å². The van der Waals surface area contributed by atoms with Crippen molar-refractivity contribution in [2.24, 2.45) is 16.7 Å². The Morgan fingerprint density at radius 1 is 1.00 bits per heavy atom. The summed E-state index contributed by atoms with van der Waals surface area (Å²) in [4.78, 5) is 0. The number of nitrogens with one attached hydrogen (secondary N) is 1. The summed E-state index contributed by atoms with van der Waals surface area (Å²) in [5.74, 6) is -1.69. The highest BCUT2D eigenvalue weighted by Crippen LogP contribution is 2.68. The predicted molar refractivity (Wildman–Crippen MR) is 123 cm³/mol. The van der Waals surface area contributed by atoms with Gasteiger partial charge >= 0.3 is 0 Å². The monoisotopic (exact) mass is 454 g/mol. The molecule has 7 heteroatoms. The first-order chi connectivity index (χ1) is 16.5. The summed E-state index contributed by atoms with van der Waals surface area (Å²) >= 11 is 0. The number of hydrogen-bond acceptors (Lipinski definition) is 7. The maximum atomic E-state index is 10.4. The average Bonchev–Trinajstić information content (AvgIpc) is 3.06. The van der Waals surface area contributed by atoms with E-state index in [0.717, 1.165) is 5.56 Å². The number of fused-ring (bicyclic) bond motifs is 2. The van der Waals surface area contributed by atoms with E-state index in [1.165, 1.54) is 0 Å². The van der Waals surface area contributed by atoms with Crippen LogP contribution in [0.1, 0.15) is 50.3 Å². The lowest BCUT2D eigenvalue weighted by atomic mass is 9.52. The average molecular weight is 455 g/mol. The van der Waals surface area contributed by atoms with Crippen LogP contribution in [0.25, 0.3) is 0 Å². The molecule has 2 aromatic rings. The molecule has 2 fully saturated rings. The fourth-order valence-electron chi connectivity index (χ4n) is 5.48. The van der Waals surface area contributed by atoms with Crippen LogP contribution in [0.5, 0.6) is 5.75 Å². The molecule has 2 aliphatic rings. The molecule has 7 nitrogen and oxygen atoms in total. The van der Waals surface area contributed by atoms with Gasteiger partial charge in [-0.05, 0) is 36.1 Å². The minimum absolute atomic E-state index is 0.352. The molecule has 2 bridgehead atoms. The van der Waals surface area contributed by atoms with Gasteiger partial charge in [0.25, 0.3) is 0 Å². The van der Waals surface area contributed by atoms with Gasteiger partial charge in [-0.3, -0.25) is 5.41 Å². The molecule has 4 unspecified atom stereocenters. The zero-order chi connectivity index (χ0) is 24.4. The van der Waals surface area contributed by atoms with E-state index in [9.17, 15) is 15.8 Å². The zero-order valence-corrected chi connectivity index (χ0v) is 19.2. The molecule has 0 saturated carbocycles. The SMILES string of the molecule is CCCC12OC(=N)C(C#N)(C1CC)C(C#N)(C#N)C(c1cccc(OCc3ccccc3)c1)O2. The number of nitriles is 3. The Labute approximate surface area is 199 Å². The van der Waals surface area contributed by atoms with Crippen LogP contribution >= 0.6 is 0 Å². The molecule has 172 valence electrons. The summed E-state index contributed by atoms with van der Waals surface area (Å²) in [7, 11) is 0. The van der Waals surface area contributed by atoms with E-state index in [2.05, 4.69) is 18.2 Å². The Morgan fingerprint density at radius 2 is 1.74 bits per heavy atom. The molecule has 4 atom stereocenters. The van der Waals surface area contributed by atoms with Crippen LogP contribution in [-0.4, -0.2) is 11.7 Å². The van der Waals surface area contributed by atoms with Gasteiger partial charge in [0, 0.05) is 6.42 Å².